The maximum Gasteiger partial charge on any atom is 0.123 e. The molecule has 3 heterocycles. The third-order valence-corrected chi connectivity index (χ3v) is 10.3. The second kappa shape index (κ2) is 14.8. The van der Waals surface area contributed by atoms with Crippen molar-refractivity contribution < 1.29 is 4.39 Å². The molecule has 43 heavy (non-hydrogen) atoms. The van der Waals surface area contributed by atoms with Gasteiger partial charge >= 0.3 is 0 Å². The van der Waals surface area contributed by atoms with E-state index in [4.69, 9.17) is 0 Å². The van der Waals surface area contributed by atoms with Crippen LogP contribution in [-0.2, 0) is 5.41 Å². The molecule has 0 N–H and O–H groups in total. The number of rotatable bonds is 2. The summed E-state index contributed by atoms with van der Waals surface area (Å²) >= 11 is 0. The SMILES string of the molecule is CN1CCC(c2cccc(F)c2)CC1.CN1CCC2(C=Cc3ccccc32)CC1.Cc1ccc(C2CCN(C)CC2)cc1. The molecule has 0 atom stereocenters. The predicted molar refractivity (Wildman–Crippen MR) is 180 cm³/mol. The Morgan fingerprint density at radius 3 is 1.79 bits per heavy atom. The van der Waals surface area contributed by atoms with Crippen LogP contribution >= 0.6 is 0 Å². The monoisotopic (exact) mass is 581 g/mol. The molecule has 7 rings (SSSR count). The largest absolute Gasteiger partial charge is 0.306 e. The summed E-state index contributed by atoms with van der Waals surface area (Å²) in [7, 11) is 6.57. The van der Waals surface area contributed by atoms with Gasteiger partial charge in [0.2, 0.25) is 0 Å². The molecule has 0 radical (unpaired) electrons. The van der Waals surface area contributed by atoms with E-state index in [-0.39, 0.29) is 5.82 Å². The summed E-state index contributed by atoms with van der Waals surface area (Å²) < 4.78 is 13.0. The molecular formula is C39H52FN3. The van der Waals surface area contributed by atoms with Crippen molar-refractivity contribution in [1.29, 1.82) is 0 Å². The van der Waals surface area contributed by atoms with Crippen molar-refractivity contribution in [3.63, 3.8) is 0 Å². The Kier molecular flexibility index (Phi) is 10.9. The van der Waals surface area contributed by atoms with E-state index in [0.29, 0.717) is 11.3 Å². The number of halogens is 1. The number of allylic oxidation sites excluding steroid dienone is 1. The molecular weight excluding hydrogens is 529 g/mol. The van der Waals surface area contributed by atoms with E-state index >= 15 is 0 Å². The summed E-state index contributed by atoms with van der Waals surface area (Å²) in [6.07, 6.45) is 12.2. The van der Waals surface area contributed by atoms with Crippen molar-refractivity contribution >= 4 is 6.08 Å². The number of aryl methyl sites for hydroxylation is 1. The van der Waals surface area contributed by atoms with E-state index in [2.05, 4.69) is 103 Å². The molecule has 3 aromatic rings. The summed E-state index contributed by atoms with van der Waals surface area (Å²) in [6.45, 7) is 9.34. The molecule has 230 valence electrons. The lowest BCUT2D eigenvalue weighted by molar-refractivity contribution is 0.220. The van der Waals surface area contributed by atoms with Crippen LogP contribution in [-0.4, -0.2) is 75.1 Å². The van der Waals surface area contributed by atoms with E-state index < -0.39 is 0 Å². The van der Waals surface area contributed by atoms with Crippen molar-refractivity contribution in [1.82, 2.24) is 14.7 Å². The van der Waals surface area contributed by atoms with Crippen LogP contribution in [0.1, 0.15) is 78.2 Å². The van der Waals surface area contributed by atoms with Crippen molar-refractivity contribution in [2.45, 2.75) is 62.7 Å². The zero-order valence-corrected chi connectivity index (χ0v) is 26.9. The van der Waals surface area contributed by atoms with Gasteiger partial charge in [0.05, 0.1) is 0 Å². The second-order valence-electron chi connectivity index (χ2n) is 13.5. The van der Waals surface area contributed by atoms with Gasteiger partial charge in [-0.05, 0) is 152 Å². The van der Waals surface area contributed by atoms with Gasteiger partial charge < -0.3 is 14.7 Å². The second-order valence-corrected chi connectivity index (χ2v) is 13.5. The molecule has 3 fully saturated rings. The van der Waals surface area contributed by atoms with Crippen LogP contribution in [0.2, 0.25) is 0 Å². The highest BCUT2D eigenvalue weighted by molar-refractivity contribution is 5.65. The molecule has 0 amide bonds. The molecule has 3 saturated heterocycles. The first kappa shape index (κ1) is 31.6. The van der Waals surface area contributed by atoms with Crippen molar-refractivity contribution in [2.75, 3.05) is 60.4 Å². The van der Waals surface area contributed by atoms with E-state index in [1.165, 1.54) is 74.6 Å². The van der Waals surface area contributed by atoms with Gasteiger partial charge in [-0.2, -0.15) is 0 Å². The fourth-order valence-corrected chi connectivity index (χ4v) is 7.17. The molecule has 3 nitrogen and oxygen atoms in total. The molecule has 0 aromatic heterocycles. The quantitative estimate of drug-likeness (QED) is 0.303. The minimum absolute atomic E-state index is 0.110. The molecule has 0 bridgehead atoms. The number of hydrogen-bond acceptors (Lipinski definition) is 3. The van der Waals surface area contributed by atoms with Crippen LogP contribution in [0, 0.1) is 12.7 Å². The summed E-state index contributed by atoms with van der Waals surface area (Å²) in [6, 6.07) is 24.9. The first-order valence-corrected chi connectivity index (χ1v) is 16.5. The lowest BCUT2D eigenvalue weighted by Gasteiger charge is -2.37. The van der Waals surface area contributed by atoms with Gasteiger partial charge in [-0.25, -0.2) is 4.39 Å². The summed E-state index contributed by atoms with van der Waals surface area (Å²) in [5, 5.41) is 0. The van der Waals surface area contributed by atoms with Crippen LogP contribution in [0.3, 0.4) is 0 Å². The highest BCUT2D eigenvalue weighted by Gasteiger charge is 2.36. The van der Waals surface area contributed by atoms with Crippen molar-refractivity contribution in [3.05, 3.63) is 113 Å². The van der Waals surface area contributed by atoms with Gasteiger partial charge in [-0.1, -0.05) is 78.4 Å². The summed E-state index contributed by atoms with van der Waals surface area (Å²) in [5.74, 6) is 1.25. The first-order chi connectivity index (χ1) is 20.8. The van der Waals surface area contributed by atoms with Gasteiger partial charge in [-0.3, -0.25) is 0 Å². The Labute approximate surface area is 260 Å². The summed E-state index contributed by atoms with van der Waals surface area (Å²) in [5.41, 5.74) is 7.41. The molecule has 4 heteroatoms. The van der Waals surface area contributed by atoms with Crippen molar-refractivity contribution in [2.24, 2.45) is 0 Å². The fourth-order valence-electron chi connectivity index (χ4n) is 7.17. The first-order valence-electron chi connectivity index (χ1n) is 16.5. The minimum atomic E-state index is -0.110. The van der Waals surface area contributed by atoms with Crippen LogP contribution in [0.15, 0.2) is 78.9 Å². The van der Waals surface area contributed by atoms with Crippen LogP contribution < -0.4 is 0 Å². The molecule has 0 unspecified atom stereocenters. The Bertz CT molecular complexity index is 1310. The average Bonchev–Trinajstić information content (AvgIpc) is 3.39. The Balaban J connectivity index is 0.000000129. The Hall–Kier alpha value is -2.79. The molecule has 1 spiro atoms. The van der Waals surface area contributed by atoms with Gasteiger partial charge in [0.25, 0.3) is 0 Å². The number of nitrogens with zero attached hydrogens (tertiary/aromatic N) is 3. The lowest BCUT2D eigenvalue weighted by atomic mass is 9.75. The third-order valence-electron chi connectivity index (χ3n) is 10.3. The zero-order chi connectivity index (χ0) is 30.2. The highest BCUT2D eigenvalue weighted by Crippen LogP contribution is 2.43. The van der Waals surface area contributed by atoms with Gasteiger partial charge in [-0.15, -0.1) is 0 Å². The van der Waals surface area contributed by atoms with E-state index in [1.54, 1.807) is 11.6 Å². The Morgan fingerprint density at radius 2 is 1.19 bits per heavy atom. The standard InChI is InChI=1S/C14H17N.C13H19N.C12H16FN/c1-15-10-8-14(9-11-15)7-6-12-4-2-3-5-13(12)14;1-11-3-5-12(6-4-11)13-7-9-14(2)10-8-13;1-14-7-5-10(6-8-14)11-3-2-4-12(13)9-11/h2-7H,8-11H2,1H3;3-6,13H,7-10H2,1-2H3;2-4,9-10H,5-8H2,1H3. The number of hydrogen-bond donors (Lipinski definition) is 0. The van der Waals surface area contributed by atoms with Crippen molar-refractivity contribution in [3.8, 4) is 0 Å². The molecule has 1 aliphatic carbocycles. The number of likely N-dealkylation sites (tertiary alicyclic amines) is 3. The lowest BCUT2D eigenvalue weighted by Crippen LogP contribution is -2.38. The maximum atomic E-state index is 13.0. The molecule has 0 saturated carbocycles. The number of piperidine rings is 3. The highest BCUT2D eigenvalue weighted by atomic mass is 19.1. The van der Waals surface area contributed by atoms with E-state index in [9.17, 15) is 4.39 Å². The maximum absolute atomic E-state index is 13.0. The van der Waals surface area contributed by atoms with Gasteiger partial charge in [0, 0.05) is 5.41 Å². The van der Waals surface area contributed by atoms with Crippen LogP contribution in [0.4, 0.5) is 4.39 Å². The van der Waals surface area contributed by atoms with E-state index in [0.717, 1.165) is 37.4 Å². The molecule has 3 aliphatic heterocycles. The topological polar surface area (TPSA) is 9.72 Å². The van der Waals surface area contributed by atoms with Gasteiger partial charge in [0.15, 0.2) is 0 Å². The normalized spacial score (nSPS) is 21.0. The van der Waals surface area contributed by atoms with Crippen LogP contribution in [0.5, 0.6) is 0 Å². The average molecular weight is 582 g/mol. The number of benzene rings is 3. The number of fused-ring (bicyclic) bond motifs is 2. The fraction of sp³-hybridized carbons (Fsp3) is 0.487. The zero-order valence-electron chi connectivity index (χ0n) is 26.9. The van der Waals surface area contributed by atoms with Crippen LogP contribution in [0.25, 0.3) is 6.08 Å². The molecule has 3 aromatic carbocycles. The molecule has 4 aliphatic rings. The predicted octanol–water partition coefficient (Wildman–Crippen LogP) is 8.12. The van der Waals surface area contributed by atoms with E-state index in [1.807, 2.05) is 12.1 Å². The summed E-state index contributed by atoms with van der Waals surface area (Å²) in [4.78, 5) is 7.18. The van der Waals surface area contributed by atoms with Gasteiger partial charge in [0.1, 0.15) is 5.82 Å². The smallest absolute Gasteiger partial charge is 0.123 e. The third kappa shape index (κ3) is 8.44. The Morgan fingerprint density at radius 1 is 0.628 bits per heavy atom. The minimum Gasteiger partial charge on any atom is -0.306 e.